The van der Waals surface area contributed by atoms with Crippen molar-refractivity contribution in [3.63, 3.8) is 0 Å². The van der Waals surface area contributed by atoms with Crippen LogP contribution in [0.3, 0.4) is 0 Å². The maximum absolute atomic E-state index is 10.9. The molecule has 0 spiro atoms. The van der Waals surface area contributed by atoms with Crippen molar-refractivity contribution in [2.75, 3.05) is 5.73 Å². The molecular formula is C7H7Cl2NO3S. The summed E-state index contributed by atoms with van der Waals surface area (Å²) >= 11 is 11.3. The number of nitrogens with two attached hydrogens (primary N) is 1. The number of anilines is 1. The largest absolute Gasteiger partial charge is 0.396 e. The first-order chi connectivity index (χ1) is 6.25. The summed E-state index contributed by atoms with van der Waals surface area (Å²) in [7, 11) is -4.40. The first-order valence-electron chi connectivity index (χ1n) is 3.46. The third kappa shape index (κ3) is 1.95. The zero-order valence-corrected chi connectivity index (χ0v) is 9.41. The number of halogens is 2. The van der Waals surface area contributed by atoms with Crippen LogP contribution in [0.25, 0.3) is 0 Å². The lowest BCUT2D eigenvalue weighted by Gasteiger charge is -2.09. The molecule has 0 heterocycles. The molecule has 78 valence electrons. The van der Waals surface area contributed by atoms with Crippen LogP contribution < -0.4 is 5.73 Å². The van der Waals surface area contributed by atoms with Gasteiger partial charge < -0.3 is 5.73 Å². The fraction of sp³-hybridized carbons (Fsp3) is 0.143. The maximum atomic E-state index is 10.9. The van der Waals surface area contributed by atoms with Gasteiger partial charge in [0.1, 0.15) is 4.90 Å². The summed E-state index contributed by atoms with van der Waals surface area (Å²) in [5.41, 5.74) is 5.39. The van der Waals surface area contributed by atoms with Gasteiger partial charge in [0.05, 0.1) is 10.7 Å². The topological polar surface area (TPSA) is 80.4 Å². The normalized spacial score (nSPS) is 11.7. The Kier molecular flexibility index (Phi) is 2.96. The van der Waals surface area contributed by atoms with Gasteiger partial charge in [-0.25, -0.2) is 0 Å². The average Bonchev–Trinajstić information content (AvgIpc) is 1.98. The Morgan fingerprint density at radius 2 is 1.86 bits per heavy atom. The van der Waals surface area contributed by atoms with E-state index in [1.54, 1.807) is 0 Å². The van der Waals surface area contributed by atoms with Crippen LogP contribution >= 0.6 is 23.2 Å². The maximum Gasteiger partial charge on any atom is 0.296 e. The highest BCUT2D eigenvalue weighted by Gasteiger charge is 2.21. The van der Waals surface area contributed by atoms with E-state index >= 15 is 0 Å². The van der Waals surface area contributed by atoms with Crippen LogP contribution in [0, 0.1) is 6.92 Å². The molecule has 1 rings (SSSR count). The van der Waals surface area contributed by atoms with Crippen molar-refractivity contribution in [1.29, 1.82) is 0 Å². The van der Waals surface area contributed by atoms with Gasteiger partial charge in [0, 0.05) is 5.02 Å². The Bertz CT molecular complexity index is 458. The van der Waals surface area contributed by atoms with Gasteiger partial charge in [0.2, 0.25) is 0 Å². The third-order valence-corrected chi connectivity index (χ3v) is 3.46. The van der Waals surface area contributed by atoms with E-state index in [2.05, 4.69) is 0 Å². The summed E-state index contributed by atoms with van der Waals surface area (Å²) in [6.07, 6.45) is 0. The van der Waals surface area contributed by atoms with E-state index in [4.69, 9.17) is 33.5 Å². The van der Waals surface area contributed by atoms with Crippen molar-refractivity contribution < 1.29 is 13.0 Å². The zero-order valence-electron chi connectivity index (χ0n) is 7.08. The molecule has 0 aliphatic carbocycles. The molecule has 0 amide bonds. The molecule has 0 bridgehead atoms. The number of hydrogen-bond acceptors (Lipinski definition) is 3. The summed E-state index contributed by atoms with van der Waals surface area (Å²) in [5, 5.41) is 0.130. The van der Waals surface area contributed by atoms with Gasteiger partial charge in [0.15, 0.2) is 0 Å². The number of nitrogen functional groups attached to an aromatic ring is 1. The Morgan fingerprint density at radius 1 is 1.36 bits per heavy atom. The number of benzene rings is 1. The SMILES string of the molecule is Cc1c(Cl)cc(Cl)c(N)c1S(=O)(=O)O. The van der Waals surface area contributed by atoms with E-state index in [1.165, 1.54) is 13.0 Å². The van der Waals surface area contributed by atoms with E-state index < -0.39 is 15.0 Å². The first kappa shape index (κ1) is 11.6. The summed E-state index contributed by atoms with van der Waals surface area (Å²) in [4.78, 5) is -0.435. The molecule has 0 atom stereocenters. The van der Waals surface area contributed by atoms with Crippen LogP contribution in [0.5, 0.6) is 0 Å². The number of hydrogen-bond donors (Lipinski definition) is 2. The standard InChI is InChI=1S/C7H7Cl2NO3S/c1-3-4(8)2-5(9)6(10)7(3)14(11,12)13/h2H,10H2,1H3,(H,11,12,13). The van der Waals surface area contributed by atoms with Gasteiger partial charge in [0.25, 0.3) is 10.1 Å². The molecule has 4 nitrogen and oxygen atoms in total. The van der Waals surface area contributed by atoms with E-state index in [-0.39, 0.29) is 21.3 Å². The van der Waals surface area contributed by atoms with Crippen molar-refractivity contribution in [1.82, 2.24) is 0 Å². The van der Waals surface area contributed by atoms with E-state index in [0.29, 0.717) is 0 Å². The highest BCUT2D eigenvalue weighted by Crippen LogP contribution is 2.34. The molecular weight excluding hydrogens is 249 g/mol. The van der Waals surface area contributed by atoms with Crippen LogP contribution in [-0.4, -0.2) is 13.0 Å². The predicted octanol–water partition coefficient (Wildman–Crippen LogP) is 2.13. The zero-order chi connectivity index (χ0) is 11.1. The highest BCUT2D eigenvalue weighted by molar-refractivity contribution is 7.86. The molecule has 7 heteroatoms. The van der Waals surface area contributed by atoms with Crippen LogP contribution in [0.15, 0.2) is 11.0 Å². The van der Waals surface area contributed by atoms with Crippen molar-refractivity contribution in [3.05, 3.63) is 21.7 Å². The summed E-state index contributed by atoms with van der Waals surface area (Å²) < 4.78 is 30.7. The molecule has 1 aromatic rings. The highest BCUT2D eigenvalue weighted by atomic mass is 35.5. The minimum Gasteiger partial charge on any atom is -0.396 e. The minimum absolute atomic E-state index is 0.00627. The molecule has 0 aliphatic rings. The lowest BCUT2D eigenvalue weighted by atomic mass is 10.2. The smallest absolute Gasteiger partial charge is 0.296 e. The summed E-state index contributed by atoms with van der Waals surface area (Å²) in [6, 6.07) is 1.32. The fourth-order valence-corrected chi connectivity index (χ4v) is 2.51. The molecule has 0 radical (unpaired) electrons. The van der Waals surface area contributed by atoms with Crippen LogP contribution in [0.1, 0.15) is 5.56 Å². The molecule has 0 unspecified atom stereocenters. The molecule has 0 saturated heterocycles. The fourth-order valence-electron chi connectivity index (χ4n) is 1.05. The monoisotopic (exact) mass is 255 g/mol. The molecule has 0 aromatic heterocycles. The second kappa shape index (κ2) is 3.58. The Labute approximate surface area is 91.4 Å². The van der Waals surface area contributed by atoms with Crippen LogP contribution in [0.4, 0.5) is 5.69 Å². The van der Waals surface area contributed by atoms with Gasteiger partial charge in [-0.1, -0.05) is 23.2 Å². The second-order valence-electron chi connectivity index (χ2n) is 2.68. The van der Waals surface area contributed by atoms with Gasteiger partial charge in [-0.15, -0.1) is 0 Å². The Morgan fingerprint density at radius 3 is 2.29 bits per heavy atom. The van der Waals surface area contributed by atoms with Crippen molar-refractivity contribution in [2.45, 2.75) is 11.8 Å². The van der Waals surface area contributed by atoms with E-state index in [0.717, 1.165) is 0 Å². The Hall–Kier alpha value is -0.490. The lowest BCUT2D eigenvalue weighted by Crippen LogP contribution is -2.06. The second-order valence-corrected chi connectivity index (χ2v) is 4.86. The van der Waals surface area contributed by atoms with Crippen molar-refractivity contribution in [2.24, 2.45) is 0 Å². The average molecular weight is 256 g/mol. The predicted molar refractivity (Wildman–Crippen MR) is 55.4 cm³/mol. The van der Waals surface area contributed by atoms with E-state index in [1.807, 2.05) is 0 Å². The minimum atomic E-state index is -4.40. The Balaban J connectivity index is 3.74. The molecule has 0 saturated carbocycles. The van der Waals surface area contributed by atoms with Gasteiger partial charge in [-0.05, 0) is 18.6 Å². The first-order valence-corrected chi connectivity index (χ1v) is 5.66. The lowest BCUT2D eigenvalue weighted by molar-refractivity contribution is 0.483. The van der Waals surface area contributed by atoms with Gasteiger partial charge in [-0.3, -0.25) is 4.55 Å². The number of rotatable bonds is 1. The molecule has 1 aromatic carbocycles. The van der Waals surface area contributed by atoms with Gasteiger partial charge >= 0.3 is 0 Å². The van der Waals surface area contributed by atoms with E-state index in [9.17, 15) is 8.42 Å². The molecule has 0 fully saturated rings. The molecule has 14 heavy (non-hydrogen) atoms. The van der Waals surface area contributed by atoms with Crippen LogP contribution in [-0.2, 0) is 10.1 Å². The third-order valence-electron chi connectivity index (χ3n) is 1.71. The van der Waals surface area contributed by atoms with Crippen molar-refractivity contribution >= 4 is 39.0 Å². The molecule has 0 aliphatic heterocycles. The quantitative estimate of drug-likeness (QED) is 0.595. The summed E-state index contributed by atoms with van der Waals surface area (Å²) in [6.45, 7) is 1.43. The van der Waals surface area contributed by atoms with Gasteiger partial charge in [-0.2, -0.15) is 8.42 Å². The summed E-state index contributed by atoms with van der Waals surface area (Å²) in [5.74, 6) is 0. The van der Waals surface area contributed by atoms with Crippen molar-refractivity contribution in [3.8, 4) is 0 Å². The molecule has 3 N–H and O–H groups in total. The van der Waals surface area contributed by atoms with Crippen LogP contribution in [0.2, 0.25) is 10.0 Å².